The smallest absolute Gasteiger partial charge is 0.305 e. The second kappa shape index (κ2) is 3.00. The molecule has 0 bridgehead atoms. The lowest BCUT2D eigenvalue weighted by Gasteiger charge is -1.93. The fourth-order valence-electron chi connectivity index (χ4n) is 0.633. The van der Waals surface area contributed by atoms with Crippen molar-refractivity contribution in [2.45, 2.75) is 13.0 Å². The van der Waals surface area contributed by atoms with Crippen LogP contribution in [0.1, 0.15) is 6.42 Å². The maximum Gasteiger partial charge on any atom is 0.305 e. The van der Waals surface area contributed by atoms with Gasteiger partial charge in [0.1, 0.15) is 0 Å². The van der Waals surface area contributed by atoms with Crippen molar-refractivity contribution in [1.82, 2.24) is 15.0 Å². The summed E-state index contributed by atoms with van der Waals surface area (Å²) < 4.78 is 1.39. The molecule has 0 aliphatic rings. The predicted molar refractivity (Wildman–Crippen MR) is 36.7 cm³/mol. The van der Waals surface area contributed by atoms with Gasteiger partial charge >= 0.3 is 5.97 Å². The van der Waals surface area contributed by atoms with Gasteiger partial charge in [-0.25, -0.2) is 4.68 Å². The van der Waals surface area contributed by atoms with E-state index >= 15 is 0 Å². The van der Waals surface area contributed by atoms with E-state index in [-0.39, 0.29) is 6.42 Å². The molecule has 0 spiro atoms. The van der Waals surface area contributed by atoms with Gasteiger partial charge < -0.3 is 10.8 Å². The van der Waals surface area contributed by atoms with Gasteiger partial charge in [0.2, 0.25) is 0 Å². The standard InChI is InChI=1S/C5H8N4O2/c6-4-3-9(8-7-4)2-1-5(10)11/h3H,1-2,6H2,(H,10,11). The number of carboxylic acids is 1. The monoisotopic (exact) mass is 156 g/mol. The lowest BCUT2D eigenvalue weighted by Crippen LogP contribution is -2.04. The largest absolute Gasteiger partial charge is 0.481 e. The van der Waals surface area contributed by atoms with Crippen molar-refractivity contribution in [2.24, 2.45) is 0 Å². The van der Waals surface area contributed by atoms with Gasteiger partial charge in [-0.15, -0.1) is 5.10 Å². The third-order valence-corrected chi connectivity index (χ3v) is 1.11. The fourth-order valence-corrected chi connectivity index (χ4v) is 0.633. The van der Waals surface area contributed by atoms with Crippen molar-refractivity contribution in [3.63, 3.8) is 0 Å². The zero-order chi connectivity index (χ0) is 8.27. The summed E-state index contributed by atoms with van der Waals surface area (Å²) in [6.07, 6.45) is 1.52. The summed E-state index contributed by atoms with van der Waals surface area (Å²) in [5.74, 6) is -0.561. The van der Waals surface area contributed by atoms with Gasteiger partial charge in [0.15, 0.2) is 5.82 Å². The van der Waals surface area contributed by atoms with Crippen LogP contribution in [-0.4, -0.2) is 26.1 Å². The highest BCUT2D eigenvalue weighted by atomic mass is 16.4. The number of aryl methyl sites for hydroxylation is 1. The SMILES string of the molecule is Nc1cn(CCC(=O)O)nn1. The Bertz CT molecular complexity index is 257. The number of hydrogen-bond donors (Lipinski definition) is 2. The Morgan fingerprint density at radius 2 is 2.55 bits per heavy atom. The van der Waals surface area contributed by atoms with Crippen LogP contribution in [0, 0.1) is 0 Å². The molecule has 1 aromatic heterocycles. The Balaban J connectivity index is 2.45. The number of hydrogen-bond acceptors (Lipinski definition) is 4. The van der Waals surface area contributed by atoms with Crippen LogP contribution >= 0.6 is 0 Å². The van der Waals surface area contributed by atoms with Gasteiger partial charge in [-0.2, -0.15) is 0 Å². The van der Waals surface area contributed by atoms with Crippen LogP contribution in [0.4, 0.5) is 5.82 Å². The molecule has 6 heteroatoms. The Morgan fingerprint density at radius 3 is 3.00 bits per heavy atom. The van der Waals surface area contributed by atoms with Crippen LogP contribution in [-0.2, 0) is 11.3 Å². The molecule has 0 aromatic carbocycles. The van der Waals surface area contributed by atoms with Crippen LogP contribution in [0.15, 0.2) is 6.20 Å². The molecule has 0 amide bonds. The normalized spacial score (nSPS) is 9.82. The highest BCUT2D eigenvalue weighted by Crippen LogP contribution is 1.93. The molecule has 60 valence electrons. The van der Waals surface area contributed by atoms with E-state index in [1.807, 2.05) is 0 Å². The molecule has 1 rings (SSSR count). The molecule has 1 heterocycles. The second-order valence-electron chi connectivity index (χ2n) is 2.05. The molecule has 0 aliphatic heterocycles. The molecule has 0 atom stereocenters. The molecule has 0 saturated heterocycles. The number of nitrogens with zero attached hydrogens (tertiary/aromatic N) is 3. The molecule has 0 fully saturated rings. The summed E-state index contributed by atoms with van der Waals surface area (Å²) in [4.78, 5) is 10.1. The van der Waals surface area contributed by atoms with E-state index in [0.29, 0.717) is 12.4 Å². The summed E-state index contributed by atoms with van der Waals surface area (Å²) in [6, 6.07) is 0. The zero-order valence-electron chi connectivity index (χ0n) is 5.77. The minimum atomic E-state index is -0.862. The van der Waals surface area contributed by atoms with Crippen molar-refractivity contribution in [3.8, 4) is 0 Å². The van der Waals surface area contributed by atoms with Gasteiger partial charge in [0.05, 0.1) is 19.2 Å². The Hall–Kier alpha value is -1.59. The zero-order valence-corrected chi connectivity index (χ0v) is 5.77. The Morgan fingerprint density at radius 1 is 1.82 bits per heavy atom. The Labute approximate surface area is 62.6 Å². The van der Waals surface area contributed by atoms with Crippen LogP contribution < -0.4 is 5.73 Å². The van der Waals surface area contributed by atoms with Crippen molar-refractivity contribution < 1.29 is 9.90 Å². The van der Waals surface area contributed by atoms with E-state index in [4.69, 9.17) is 10.8 Å². The van der Waals surface area contributed by atoms with E-state index in [9.17, 15) is 4.79 Å². The van der Waals surface area contributed by atoms with Gasteiger partial charge in [0, 0.05) is 0 Å². The topological polar surface area (TPSA) is 94.0 Å². The molecule has 0 saturated carbocycles. The van der Waals surface area contributed by atoms with Crippen LogP contribution in [0.2, 0.25) is 0 Å². The number of anilines is 1. The maximum atomic E-state index is 10.1. The van der Waals surface area contributed by atoms with Crippen molar-refractivity contribution in [2.75, 3.05) is 5.73 Å². The number of carboxylic acid groups (broad SMARTS) is 1. The lowest BCUT2D eigenvalue weighted by molar-refractivity contribution is -0.137. The van der Waals surface area contributed by atoms with E-state index in [2.05, 4.69) is 10.3 Å². The molecule has 11 heavy (non-hydrogen) atoms. The van der Waals surface area contributed by atoms with E-state index in [1.54, 1.807) is 0 Å². The summed E-state index contributed by atoms with van der Waals surface area (Å²) in [5.41, 5.74) is 5.24. The molecular weight excluding hydrogens is 148 g/mol. The minimum absolute atomic E-state index is 0.0306. The van der Waals surface area contributed by atoms with Crippen LogP contribution in [0.25, 0.3) is 0 Å². The number of aliphatic carboxylic acids is 1. The van der Waals surface area contributed by atoms with Crippen molar-refractivity contribution in [1.29, 1.82) is 0 Å². The molecule has 0 radical (unpaired) electrons. The summed E-state index contributed by atoms with van der Waals surface area (Å²) in [7, 11) is 0. The first-order valence-electron chi connectivity index (χ1n) is 3.06. The van der Waals surface area contributed by atoms with Crippen LogP contribution in [0.5, 0.6) is 0 Å². The highest BCUT2D eigenvalue weighted by molar-refractivity contribution is 5.66. The number of aromatic nitrogens is 3. The third kappa shape index (κ3) is 2.24. The Kier molecular flexibility index (Phi) is 2.05. The first-order valence-corrected chi connectivity index (χ1v) is 3.06. The van der Waals surface area contributed by atoms with E-state index < -0.39 is 5.97 Å². The second-order valence-corrected chi connectivity index (χ2v) is 2.05. The molecule has 6 nitrogen and oxygen atoms in total. The van der Waals surface area contributed by atoms with Crippen LogP contribution in [0.3, 0.4) is 0 Å². The average molecular weight is 156 g/mol. The highest BCUT2D eigenvalue weighted by Gasteiger charge is 1.99. The van der Waals surface area contributed by atoms with Crippen molar-refractivity contribution in [3.05, 3.63) is 6.20 Å². The fraction of sp³-hybridized carbons (Fsp3) is 0.400. The van der Waals surface area contributed by atoms with E-state index in [1.165, 1.54) is 10.9 Å². The lowest BCUT2D eigenvalue weighted by atomic mass is 10.4. The summed E-state index contributed by atoms with van der Waals surface area (Å²) in [5, 5.41) is 15.3. The van der Waals surface area contributed by atoms with Gasteiger partial charge in [0.25, 0.3) is 0 Å². The minimum Gasteiger partial charge on any atom is -0.481 e. The first kappa shape index (κ1) is 7.52. The number of rotatable bonds is 3. The number of nitrogen functional groups attached to an aromatic ring is 1. The van der Waals surface area contributed by atoms with Gasteiger partial charge in [-0.05, 0) is 0 Å². The summed E-state index contributed by atoms with van der Waals surface area (Å²) in [6.45, 7) is 0.305. The van der Waals surface area contributed by atoms with Crippen molar-refractivity contribution >= 4 is 11.8 Å². The average Bonchev–Trinajstić information content (AvgIpc) is 2.31. The molecule has 1 aromatic rings. The number of nitrogens with two attached hydrogens (primary N) is 1. The number of carbonyl (C=O) groups is 1. The molecular formula is C5H8N4O2. The summed E-state index contributed by atoms with van der Waals surface area (Å²) >= 11 is 0. The molecule has 0 aliphatic carbocycles. The third-order valence-electron chi connectivity index (χ3n) is 1.11. The first-order chi connectivity index (χ1) is 5.18. The maximum absolute atomic E-state index is 10.1. The quantitative estimate of drug-likeness (QED) is 0.605. The molecule has 0 unspecified atom stereocenters. The van der Waals surface area contributed by atoms with Gasteiger partial charge in [-0.3, -0.25) is 4.79 Å². The predicted octanol–water partition coefficient (Wildman–Crippen LogP) is -0.665. The van der Waals surface area contributed by atoms with E-state index in [0.717, 1.165) is 0 Å². The molecule has 3 N–H and O–H groups in total. The van der Waals surface area contributed by atoms with Gasteiger partial charge in [-0.1, -0.05) is 5.21 Å².